The Hall–Kier alpha value is -1.76. The molecular weight excluding hydrogens is 266 g/mol. The standard InChI is InChI=1S/C12H17N3O3S/c1-7(6-19(2,17)18)14-11-5-10-8(3-9(11)13)4-12(16)15-10/h3,5,7,14H,4,6,13H2,1-2H3,(H,15,16). The van der Waals surface area contributed by atoms with E-state index in [2.05, 4.69) is 10.6 Å². The van der Waals surface area contributed by atoms with Gasteiger partial charge in [-0.3, -0.25) is 4.79 Å². The number of carbonyl (C=O) groups is 1. The number of nitrogens with one attached hydrogen (secondary N) is 2. The average molecular weight is 283 g/mol. The first-order valence-corrected chi connectivity index (χ1v) is 7.97. The summed E-state index contributed by atoms with van der Waals surface area (Å²) >= 11 is 0. The fourth-order valence-electron chi connectivity index (χ4n) is 2.18. The minimum Gasteiger partial charge on any atom is -0.397 e. The fourth-order valence-corrected chi connectivity index (χ4v) is 3.17. The zero-order valence-electron chi connectivity index (χ0n) is 10.9. The van der Waals surface area contributed by atoms with E-state index in [1.54, 1.807) is 19.1 Å². The normalized spacial score (nSPS) is 15.8. The van der Waals surface area contributed by atoms with Gasteiger partial charge < -0.3 is 16.4 Å². The second kappa shape index (κ2) is 4.73. The van der Waals surface area contributed by atoms with Crippen molar-refractivity contribution in [3.63, 3.8) is 0 Å². The maximum Gasteiger partial charge on any atom is 0.228 e. The number of sulfone groups is 1. The molecular formula is C12H17N3O3S. The van der Waals surface area contributed by atoms with Gasteiger partial charge in [-0.1, -0.05) is 0 Å². The van der Waals surface area contributed by atoms with Crippen molar-refractivity contribution in [2.75, 3.05) is 28.4 Å². The molecule has 4 N–H and O–H groups in total. The summed E-state index contributed by atoms with van der Waals surface area (Å²) in [4.78, 5) is 11.3. The molecule has 1 aromatic rings. The van der Waals surface area contributed by atoms with Crippen molar-refractivity contribution in [1.29, 1.82) is 0 Å². The second-order valence-corrected chi connectivity index (χ2v) is 7.14. The van der Waals surface area contributed by atoms with E-state index in [0.717, 1.165) is 11.3 Å². The molecule has 0 bridgehead atoms. The van der Waals surface area contributed by atoms with Crippen LogP contribution in [0.1, 0.15) is 12.5 Å². The maximum atomic E-state index is 11.3. The van der Waals surface area contributed by atoms with E-state index < -0.39 is 9.84 Å². The summed E-state index contributed by atoms with van der Waals surface area (Å²) in [5.74, 6) is -0.0358. The topological polar surface area (TPSA) is 101 Å². The molecule has 7 heteroatoms. The molecule has 0 saturated carbocycles. The van der Waals surface area contributed by atoms with Gasteiger partial charge >= 0.3 is 0 Å². The molecule has 0 saturated heterocycles. The zero-order valence-corrected chi connectivity index (χ0v) is 11.7. The van der Waals surface area contributed by atoms with Gasteiger partial charge in [-0.15, -0.1) is 0 Å². The Bertz CT molecular complexity index is 625. The van der Waals surface area contributed by atoms with Crippen LogP contribution in [-0.4, -0.2) is 32.4 Å². The molecule has 104 valence electrons. The highest BCUT2D eigenvalue weighted by molar-refractivity contribution is 7.90. The van der Waals surface area contributed by atoms with Crippen LogP contribution in [0.5, 0.6) is 0 Å². The first kappa shape index (κ1) is 13.7. The van der Waals surface area contributed by atoms with Gasteiger partial charge in [-0.2, -0.15) is 0 Å². The number of hydrogen-bond donors (Lipinski definition) is 3. The lowest BCUT2D eigenvalue weighted by Gasteiger charge is -2.17. The van der Waals surface area contributed by atoms with Crippen molar-refractivity contribution in [2.24, 2.45) is 0 Å². The Morgan fingerprint density at radius 3 is 2.79 bits per heavy atom. The zero-order chi connectivity index (χ0) is 14.2. The quantitative estimate of drug-likeness (QED) is 0.703. The van der Waals surface area contributed by atoms with Gasteiger partial charge in [0.05, 0.1) is 23.5 Å². The number of nitrogen functional groups attached to an aromatic ring is 1. The number of carbonyl (C=O) groups excluding carboxylic acids is 1. The highest BCUT2D eigenvalue weighted by Crippen LogP contribution is 2.31. The SMILES string of the molecule is CC(CS(C)(=O)=O)Nc1cc2c(cc1N)CC(=O)N2. The predicted octanol–water partition coefficient (Wildman–Crippen LogP) is 0.608. The summed E-state index contributed by atoms with van der Waals surface area (Å²) in [5.41, 5.74) is 8.64. The van der Waals surface area contributed by atoms with Crippen LogP contribution in [0.3, 0.4) is 0 Å². The molecule has 1 atom stereocenters. The molecule has 1 heterocycles. The molecule has 1 aromatic carbocycles. The molecule has 6 nitrogen and oxygen atoms in total. The molecule has 1 amide bonds. The minimum absolute atomic E-state index is 0.0237. The number of benzene rings is 1. The monoisotopic (exact) mass is 283 g/mol. The van der Waals surface area contributed by atoms with Crippen LogP contribution in [0.15, 0.2) is 12.1 Å². The van der Waals surface area contributed by atoms with Crippen molar-refractivity contribution in [1.82, 2.24) is 0 Å². The molecule has 0 radical (unpaired) electrons. The van der Waals surface area contributed by atoms with E-state index in [9.17, 15) is 13.2 Å². The number of anilines is 3. The van der Waals surface area contributed by atoms with Crippen LogP contribution in [0.2, 0.25) is 0 Å². The first-order valence-electron chi connectivity index (χ1n) is 5.91. The van der Waals surface area contributed by atoms with Crippen molar-refractivity contribution in [3.8, 4) is 0 Å². The Morgan fingerprint density at radius 2 is 2.16 bits per heavy atom. The van der Waals surface area contributed by atoms with Crippen LogP contribution in [0.4, 0.5) is 17.1 Å². The number of rotatable bonds is 4. The summed E-state index contributed by atoms with van der Waals surface area (Å²) in [5, 5.41) is 5.79. The largest absolute Gasteiger partial charge is 0.397 e. The smallest absolute Gasteiger partial charge is 0.228 e. The van der Waals surface area contributed by atoms with Crippen molar-refractivity contribution in [3.05, 3.63) is 17.7 Å². The average Bonchev–Trinajstić information content (AvgIpc) is 2.55. The summed E-state index contributed by atoms with van der Waals surface area (Å²) in [6.07, 6.45) is 1.52. The van der Waals surface area contributed by atoms with Gasteiger partial charge in [0, 0.05) is 18.0 Å². The fraction of sp³-hybridized carbons (Fsp3) is 0.417. The molecule has 2 rings (SSSR count). The summed E-state index contributed by atoms with van der Waals surface area (Å²) in [6, 6.07) is 3.23. The minimum atomic E-state index is -3.05. The van der Waals surface area contributed by atoms with Crippen LogP contribution in [0, 0.1) is 0 Å². The van der Waals surface area contributed by atoms with Gasteiger partial charge in [-0.05, 0) is 24.6 Å². The molecule has 0 spiro atoms. The molecule has 0 aliphatic carbocycles. The molecule has 19 heavy (non-hydrogen) atoms. The van der Waals surface area contributed by atoms with E-state index in [1.807, 2.05) is 0 Å². The first-order chi connectivity index (χ1) is 8.74. The van der Waals surface area contributed by atoms with Gasteiger partial charge in [0.25, 0.3) is 0 Å². The summed E-state index contributed by atoms with van der Waals surface area (Å²) in [6.45, 7) is 1.77. The van der Waals surface area contributed by atoms with E-state index >= 15 is 0 Å². The third kappa shape index (κ3) is 3.37. The summed E-state index contributed by atoms with van der Waals surface area (Å²) in [7, 11) is -3.05. The molecule has 0 aromatic heterocycles. The van der Waals surface area contributed by atoms with E-state index in [4.69, 9.17) is 5.73 Å². The van der Waals surface area contributed by atoms with Crippen LogP contribution in [-0.2, 0) is 21.1 Å². The highest BCUT2D eigenvalue weighted by atomic mass is 32.2. The Kier molecular flexibility index (Phi) is 3.40. The number of hydrogen-bond acceptors (Lipinski definition) is 5. The summed E-state index contributed by atoms with van der Waals surface area (Å²) < 4.78 is 22.4. The molecule has 1 unspecified atom stereocenters. The lowest BCUT2D eigenvalue weighted by Crippen LogP contribution is -2.25. The highest BCUT2D eigenvalue weighted by Gasteiger charge is 2.20. The number of amides is 1. The Balaban J connectivity index is 2.18. The number of fused-ring (bicyclic) bond motifs is 1. The molecule has 1 aliphatic heterocycles. The maximum absolute atomic E-state index is 11.3. The van der Waals surface area contributed by atoms with Crippen LogP contribution < -0.4 is 16.4 Å². The van der Waals surface area contributed by atoms with Gasteiger partial charge in [-0.25, -0.2) is 8.42 Å². The van der Waals surface area contributed by atoms with Crippen LogP contribution in [0.25, 0.3) is 0 Å². The van der Waals surface area contributed by atoms with Gasteiger partial charge in [0.15, 0.2) is 0 Å². The van der Waals surface area contributed by atoms with Crippen molar-refractivity contribution in [2.45, 2.75) is 19.4 Å². The second-order valence-electron chi connectivity index (χ2n) is 4.96. The Morgan fingerprint density at radius 1 is 1.47 bits per heavy atom. The third-order valence-corrected chi connectivity index (χ3v) is 3.96. The van der Waals surface area contributed by atoms with E-state index in [1.165, 1.54) is 6.26 Å². The van der Waals surface area contributed by atoms with E-state index in [-0.39, 0.29) is 17.7 Å². The van der Waals surface area contributed by atoms with Crippen molar-refractivity contribution < 1.29 is 13.2 Å². The number of nitrogens with two attached hydrogens (primary N) is 1. The predicted molar refractivity (Wildman–Crippen MR) is 76.0 cm³/mol. The van der Waals surface area contributed by atoms with Gasteiger partial charge in [0.2, 0.25) is 5.91 Å². The third-order valence-electron chi connectivity index (χ3n) is 2.86. The van der Waals surface area contributed by atoms with Crippen LogP contribution >= 0.6 is 0 Å². The van der Waals surface area contributed by atoms with E-state index in [0.29, 0.717) is 17.8 Å². The van der Waals surface area contributed by atoms with Crippen molar-refractivity contribution >= 4 is 32.8 Å². The lowest BCUT2D eigenvalue weighted by atomic mass is 10.1. The molecule has 0 fully saturated rings. The lowest BCUT2D eigenvalue weighted by molar-refractivity contribution is -0.115. The van der Waals surface area contributed by atoms with Gasteiger partial charge in [0.1, 0.15) is 9.84 Å². The Labute approximate surface area is 112 Å². The molecule has 1 aliphatic rings.